The van der Waals surface area contributed by atoms with E-state index in [9.17, 15) is 4.79 Å². The lowest BCUT2D eigenvalue weighted by Gasteiger charge is -2.37. The Kier molecular flexibility index (Phi) is 3.02. The molecule has 5 heteroatoms. The molecule has 0 aliphatic carbocycles. The van der Waals surface area contributed by atoms with Crippen LogP contribution in [-0.4, -0.2) is 28.9 Å². The van der Waals surface area contributed by atoms with Crippen LogP contribution in [0.25, 0.3) is 0 Å². The number of rotatable bonds is 3. The highest BCUT2D eigenvalue weighted by atomic mass is 79.9. The van der Waals surface area contributed by atoms with Gasteiger partial charge in [0.2, 0.25) is 5.91 Å². The van der Waals surface area contributed by atoms with Crippen LogP contribution in [0.15, 0.2) is 22.8 Å². The molecule has 2 rings (SSSR count). The van der Waals surface area contributed by atoms with E-state index in [-0.39, 0.29) is 11.8 Å². The quantitative estimate of drug-likeness (QED) is 0.882. The molecular weight excluding hydrogens is 258 g/mol. The molecule has 0 bridgehead atoms. The molecule has 0 aromatic carbocycles. The Morgan fingerprint density at radius 1 is 1.67 bits per heavy atom. The molecule has 2 N–H and O–H groups in total. The van der Waals surface area contributed by atoms with Gasteiger partial charge >= 0.3 is 0 Å². The summed E-state index contributed by atoms with van der Waals surface area (Å²) in [6, 6.07) is 3.85. The summed E-state index contributed by atoms with van der Waals surface area (Å²) in [7, 11) is 0. The van der Waals surface area contributed by atoms with Gasteiger partial charge in [0.1, 0.15) is 0 Å². The van der Waals surface area contributed by atoms with Crippen molar-refractivity contribution >= 4 is 21.8 Å². The number of nitrogens with zero attached hydrogens (tertiary/aromatic N) is 2. The number of nitrogens with two attached hydrogens (primary N) is 1. The normalized spacial score (nSPS) is 17.4. The number of pyridine rings is 1. The number of aromatic nitrogens is 1. The fraction of sp³-hybridized carbons (Fsp3) is 0.400. The first-order valence-electron chi connectivity index (χ1n) is 4.78. The highest BCUT2D eigenvalue weighted by molar-refractivity contribution is 9.10. The van der Waals surface area contributed by atoms with Gasteiger partial charge in [-0.15, -0.1) is 0 Å². The van der Waals surface area contributed by atoms with Crippen molar-refractivity contribution in [3.05, 3.63) is 28.5 Å². The molecule has 1 aromatic heterocycles. The van der Waals surface area contributed by atoms with Gasteiger partial charge in [-0.1, -0.05) is 0 Å². The van der Waals surface area contributed by atoms with Gasteiger partial charge in [0.15, 0.2) is 0 Å². The molecule has 4 nitrogen and oxygen atoms in total. The Bertz CT molecular complexity index is 377. The van der Waals surface area contributed by atoms with E-state index in [2.05, 4.69) is 25.8 Å². The largest absolute Gasteiger partial charge is 0.369 e. The first-order chi connectivity index (χ1) is 7.16. The summed E-state index contributed by atoms with van der Waals surface area (Å²) in [5.41, 5.74) is 6.19. The topological polar surface area (TPSA) is 59.2 Å². The minimum Gasteiger partial charge on any atom is -0.369 e. The zero-order chi connectivity index (χ0) is 10.8. The fourth-order valence-electron chi connectivity index (χ4n) is 1.63. The van der Waals surface area contributed by atoms with Gasteiger partial charge in [0, 0.05) is 30.3 Å². The summed E-state index contributed by atoms with van der Waals surface area (Å²) >= 11 is 3.44. The average Bonchev–Trinajstić information content (AvgIpc) is 2.12. The van der Waals surface area contributed by atoms with Crippen molar-refractivity contribution < 1.29 is 4.79 Å². The standard InChI is InChI=1S/C10H12BrN3O/c11-8-2-1-3-13-9(8)6-14-4-7(5-14)10(12)15/h1-3,7H,4-6H2,(H2,12,15). The molecule has 15 heavy (non-hydrogen) atoms. The maximum Gasteiger partial charge on any atom is 0.223 e. The fourth-order valence-corrected chi connectivity index (χ4v) is 2.01. The molecule has 0 atom stereocenters. The summed E-state index contributed by atoms with van der Waals surface area (Å²) in [4.78, 5) is 17.2. The second kappa shape index (κ2) is 4.28. The van der Waals surface area contributed by atoms with E-state index in [1.54, 1.807) is 6.20 Å². The third-order valence-electron chi connectivity index (χ3n) is 2.57. The van der Waals surface area contributed by atoms with E-state index >= 15 is 0 Å². The molecular formula is C10H12BrN3O. The molecule has 1 fully saturated rings. The SMILES string of the molecule is NC(=O)C1CN(Cc2ncccc2Br)C1. The van der Waals surface area contributed by atoms with Crippen molar-refractivity contribution in [3.63, 3.8) is 0 Å². The van der Waals surface area contributed by atoms with Gasteiger partial charge in [-0.05, 0) is 28.1 Å². The molecule has 1 aliphatic rings. The van der Waals surface area contributed by atoms with Crippen LogP contribution < -0.4 is 5.73 Å². The highest BCUT2D eigenvalue weighted by Crippen LogP contribution is 2.21. The lowest BCUT2D eigenvalue weighted by atomic mass is 9.99. The number of amides is 1. The van der Waals surface area contributed by atoms with E-state index in [0.29, 0.717) is 0 Å². The first kappa shape index (κ1) is 10.6. The van der Waals surface area contributed by atoms with Crippen LogP contribution in [0.2, 0.25) is 0 Å². The van der Waals surface area contributed by atoms with Crippen LogP contribution >= 0.6 is 15.9 Å². The molecule has 0 unspecified atom stereocenters. The second-order valence-electron chi connectivity index (χ2n) is 3.73. The molecule has 80 valence electrons. The maximum absolute atomic E-state index is 10.8. The van der Waals surface area contributed by atoms with Gasteiger partial charge < -0.3 is 5.73 Å². The number of carbonyl (C=O) groups is 1. The van der Waals surface area contributed by atoms with Gasteiger partial charge in [0.25, 0.3) is 0 Å². The van der Waals surface area contributed by atoms with Gasteiger partial charge in [-0.2, -0.15) is 0 Å². The number of likely N-dealkylation sites (tertiary alicyclic amines) is 1. The van der Waals surface area contributed by atoms with E-state index in [4.69, 9.17) is 5.73 Å². The van der Waals surface area contributed by atoms with Gasteiger partial charge in [0.05, 0.1) is 11.6 Å². The number of primary amides is 1. The first-order valence-corrected chi connectivity index (χ1v) is 5.57. The van der Waals surface area contributed by atoms with E-state index < -0.39 is 0 Å². The van der Waals surface area contributed by atoms with Crippen molar-refractivity contribution in [2.24, 2.45) is 11.7 Å². The van der Waals surface area contributed by atoms with Crippen molar-refractivity contribution in [1.82, 2.24) is 9.88 Å². The molecule has 1 amide bonds. The Morgan fingerprint density at radius 2 is 2.40 bits per heavy atom. The smallest absolute Gasteiger partial charge is 0.223 e. The predicted octanol–water partition coefficient (Wildman–Crippen LogP) is 0.761. The average molecular weight is 270 g/mol. The van der Waals surface area contributed by atoms with E-state index in [1.165, 1.54) is 0 Å². The summed E-state index contributed by atoms with van der Waals surface area (Å²) < 4.78 is 1.01. The van der Waals surface area contributed by atoms with Crippen molar-refractivity contribution in [1.29, 1.82) is 0 Å². The van der Waals surface area contributed by atoms with Crippen LogP contribution in [0, 0.1) is 5.92 Å². The molecule has 0 radical (unpaired) electrons. The van der Waals surface area contributed by atoms with E-state index in [1.807, 2.05) is 12.1 Å². The van der Waals surface area contributed by atoms with Crippen molar-refractivity contribution in [3.8, 4) is 0 Å². The van der Waals surface area contributed by atoms with Crippen molar-refractivity contribution in [2.45, 2.75) is 6.54 Å². The summed E-state index contributed by atoms with van der Waals surface area (Å²) in [5, 5.41) is 0. The Morgan fingerprint density at radius 3 is 3.00 bits per heavy atom. The maximum atomic E-state index is 10.8. The van der Waals surface area contributed by atoms with Crippen LogP contribution in [0.1, 0.15) is 5.69 Å². The monoisotopic (exact) mass is 269 g/mol. The Balaban J connectivity index is 1.90. The number of hydrogen-bond acceptors (Lipinski definition) is 3. The van der Waals surface area contributed by atoms with Crippen LogP contribution in [0.5, 0.6) is 0 Å². The molecule has 0 spiro atoms. The summed E-state index contributed by atoms with van der Waals surface area (Å²) in [5.74, 6) is -0.182. The van der Waals surface area contributed by atoms with Crippen LogP contribution in [-0.2, 0) is 11.3 Å². The molecule has 2 heterocycles. The summed E-state index contributed by atoms with van der Waals surface area (Å²) in [6.07, 6.45) is 1.77. The number of halogens is 1. The Hall–Kier alpha value is -0.940. The molecule has 0 saturated carbocycles. The highest BCUT2D eigenvalue weighted by Gasteiger charge is 2.31. The second-order valence-corrected chi connectivity index (χ2v) is 4.58. The van der Waals surface area contributed by atoms with Crippen LogP contribution in [0.3, 0.4) is 0 Å². The van der Waals surface area contributed by atoms with Crippen molar-refractivity contribution in [2.75, 3.05) is 13.1 Å². The minimum atomic E-state index is -0.202. The summed E-state index contributed by atoms with van der Waals surface area (Å²) in [6.45, 7) is 2.27. The molecule has 1 aromatic rings. The lowest BCUT2D eigenvalue weighted by Crippen LogP contribution is -2.51. The zero-order valence-electron chi connectivity index (χ0n) is 8.19. The number of hydrogen-bond donors (Lipinski definition) is 1. The third kappa shape index (κ3) is 2.35. The molecule has 1 aliphatic heterocycles. The number of carbonyl (C=O) groups excluding carboxylic acids is 1. The Labute approximate surface area is 96.6 Å². The van der Waals surface area contributed by atoms with Gasteiger partial charge in [-0.25, -0.2) is 0 Å². The zero-order valence-corrected chi connectivity index (χ0v) is 9.77. The van der Waals surface area contributed by atoms with E-state index in [0.717, 1.165) is 29.8 Å². The lowest BCUT2D eigenvalue weighted by molar-refractivity contribution is -0.127. The molecule has 1 saturated heterocycles. The van der Waals surface area contributed by atoms with Gasteiger partial charge in [-0.3, -0.25) is 14.7 Å². The van der Waals surface area contributed by atoms with Crippen LogP contribution in [0.4, 0.5) is 0 Å². The predicted molar refractivity (Wildman–Crippen MR) is 59.9 cm³/mol. The third-order valence-corrected chi connectivity index (χ3v) is 3.29. The minimum absolute atomic E-state index is 0.0208.